The molecular weight excluding hydrogens is 245 g/mol. The Balaban J connectivity index is 2.95. The summed E-state index contributed by atoms with van der Waals surface area (Å²) >= 11 is -2.05. The number of aliphatic hydroxyl groups is 1. The summed E-state index contributed by atoms with van der Waals surface area (Å²) in [5, 5.41) is 14.1. The van der Waals surface area contributed by atoms with Crippen molar-refractivity contribution in [2.75, 3.05) is 0 Å². The Labute approximate surface area is 95.9 Å². The van der Waals surface area contributed by atoms with Crippen molar-refractivity contribution in [2.45, 2.75) is 41.5 Å². The summed E-state index contributed by atoms with van der Waals surface area (Å²) in [6.45, 7) is 6.75. The van der Waals surface area contributed by atoms with Gasteiger partial charge in [-0.05, 0) is 0 Å². The van der Waals surface area contributed by atoms with E-state index in [4.69, 9.17) is 0 Å². The molecule has 0 amide bonds. The number of rotatable bonds is 5. The fraction of sp³-hybridized carbons (Fsp3) is 0.538. The van der Waals surface area contributed by atoms with E-state index in [-0.39, 0.29) is 4.94 Å². The minimum absolute atomic E-state index is 0.147. The summed E-state index contributed by atoms with van der Waals surface area (Å²) in [4.78, 5) is -0.147. The molecule has 0 fully saturated rings. The molecule has 1 unspecified atom stereocenters. The van der Waals surface area contributed by atoms with Gasteiger partial charge in [0, 0.05) is 0 Å². The fourth-order valence-electron chi connectivity index (χ4n) is 2.32. The van der Waals surface area contributed by atoms with E-state index in [9.17, 15) is 5.11 Å². The van der Waals surface area contributed by atoms with E-state index < -0.39 is 13.3 Å². The first-order valence-electron chi connectivity index (χ1n) is 5.93. The van der Waals surface area contributed by atoms with Gasteiger partial charge in [-0.2, -0.15) is 0 Å². The number of benzene rings is 1. The van der Waals surface area contributed by atoms with Gasteiger partial charge in [0.2, 0.25) is 0 Å². The third kappa shape index (κ3) is 2.64. The van der Waals surface area contributed by atoms with Gasteiger partial charge in [-0.25, -0.2) is 0 Å². The summed E-state index contributed by atoms with van der Waals surface area (Å²) in [7, 11) is 0. The third-order valence-corrected chi connectivity index (χ3v) is 15.8. The summed E-state index contributed by atoms with van der Waals surface area (Å²) in [5.74, 6) is 0. The summed E-state index contributed by atoms with van der Waals surface area (Å²) in [6.07, 6.45) is 0. The SMILES string of the molecule is C[CH2][Ge]([CH2]C)([CH2]C)[CH](O)c1ccccc1. The van der Waals surface area contributed by atoms with E-state index in [1.54, 1.807) is 0 Å². The maximum atomic E-state index is 10.5. The van der Waals surface area contributed by atoms with Crippen LogP contribution in [0.25, 0.3) is 0 Å². The summed E-state index contributed by atoms with van der Waals surface area (Å²) in [6, 6.07) is 10.2. The van der Waals surface area contributed by atoms with Crippen LogP contribution in [0.4, 0.5) is 0 Å². The van der Waals surface area contributed by atoms with Crippen molar-refractivity contribution in [1.29, 1.82) is 0 Å². The molecule has 1 N–H and O–H groups in total. The minimum atomic E-state index is -2.05. The first kappa shape index (κ1) is 12.8. The van der Waals surface area contributed by atoms with Gasteiger partial charge in [-0.1, -0.05) is 0 Å². The first-order valence-corrected chi connectivity index (χ1v) is 11.6. The molecule has 1 nitrogen and oxygen atoms in total. The van der Waals surface area contributed by atoms with Crippen LogP contribution in [0.5, 0.6) is 0 Å². The fourth-order valence-corrected chi connectivity index (χ4v) is 9.79. The van der Waals surface area contributed by atoms with E-state index in [1.807, 2.05) is 18.2 Å². The Morgan fingerprint density at radius 1 is 1.00 bits per heavy atom. The van der Waals surface area contributed by atoms with Crippen molar-refractivity contribution < 1.29 is 5.11 Å². The molecule has 1 atom stereocenters. The van der Waals surface area contributed by atoms with Crippen molar-refractivity contribution in [3.05, 3.63) is 35.9 Å². The molecule has 2 heteroatoms. The average molecular weight is 267 g/mol. The zero-order valence-corrected chi connectivity index (χ0v) is 12.1. The zero-order valence-electron chi connectivity index (χ0n) is 10.0. The number of hydrogen-bond acceptors (Lipinski definition) is 1. The van der Waals surface area contributed by atoms with Crippen molar-refractivity contribution in [3.63, 3.8) is 0 Å². The third-order valence-electron chi connectivity index (χ3n) is 3.81. The van der Waals surface area contributed by atoms with Crippen molar-refractivity contribution in [2.24, 2.45) is 0 Å². The van der Waals surface area contributed by atoms with Crippen LogP contribution in [0, 0.1) is 0 Å². The molecule has 0 aromatic heterocycles. The average Bonchev–Trinajstić information content (AvgIpc) is 2.33. The van der Waals surface area contributed by atoms with E-state index in [0.717, 1.165) is 5.56 Å². The van der Waals surface area contributed by atoms with Gasteiger partial charge >= 0.3 is 95.7 Å². The molecule has 15 heavy (non-hydrogen) atoms. The molecule has 1 aromatic carbocycles. The molecule has 0 aliphatic rings. The van der Waals surface area contributed by atoms with Crippen LogP contribution in [0.3, 0.4) is 0 Å². The molecule has 0 radical (unpaired) electrons. The van der Waals surface area contributed by atoms with E-state index >= 15 is 0 Å². The van der Waals surface area contributed by atoms with Crippen LogP contribution < -0.4 is 0 Å². The zero-order chi connectivity index (χ0) is 11.3. The van der Waals surface area contributed by atoms with Gasteiger partial charge in [-0.15, -0.1) is 0 Å². The standard InChI is InChI=1S/C13H22GeO/c1-4-14(5-2,6-3)13(15)12-10-8-7-9-11-12/h7-11,13,15H,4-6H2,1-3H3. The van der Waals surface area contributed by atoms with Crippen LogP contribution in [-0.4, -0.2) is 18.4 Å². The molecule has 0 aliphatic carbocycles. The molecule has 0 bridgehead atoms. The van der Waals surface area contributed by atoms with Crippen LogP contribution in [-0.2, 0) is 0 Å². The summed E-state index contributed by atoms with van der Waals surface area (Å²) < 4.78 is 0. The second-order valence-corrected chi connectivity index (χ2v) is 15.6. The normalized spacial score (nSPS) is 13.9. The molecule has 1 aromatic rings. The molecule has 0 aliphatic heterocycles. The topological polar surface area (TPSA) is 20.2 Å². The van der Waals surface area contributed by atoms with Crippen molar-refractivity contribution in [3.8, 4) is 0 Å². The van der Waals surface area contributed by atoms with Crippen LogP contribution >= 0.6 is 0 Å². The Kier molecular flexibility index (Phi) is 4.87. The molecule has 0 spiro atoms. The second kappa shape index (κ2) is 5.71. The predicted octanol–water partition coefficient (Wildman–Crippen LogP) is 3.77. The van der Waals surface area contributed by atoms with E-state index in [0.29, 0.717) is 0 Å². The predicted molar refractivity (Wildman–Crippen MR) is 68.6 cm³/mol. The molecular formula is C13H22GeO. The molecule has 1 rings (SSSR count). The first-order chi connectivity index (χ1) is 7.20. The molecule has 0 heterocycles. The number of aliphatic hydroxyl groups excluding tert-OH is 1. The van der Waals surface area contributed by atoms with Crippen LogP contribution in [0.1, 0.15) is 31.3 Å². The molecule has 0 saturated heterocycles. The van der Waals surface area contributed by atoms with Gasteiger partial charge in [0.05, 0.1) is 0 Å². The second-order valence-electron chi connectivity index (χ2n) is 4.24. The molecule has 84 valence electrons. The summed E-state index contributed by atoms with van der Waals surface area (Å²) in [5.41, 5.74) is 1.13. The van der Waals surface area contributed by atoms with Crippen molar-refractivity contribution >= 4 is 13.3 Å². The van der Waals surface area contributed by atoms with Gasteiger partial charge < -0.3 is 0 Å². The van der Waals surface area contributed by atoms with Crippen molar-refractivity contribution in [1.82, 2.24) is 0 Å². The Morgan fingerprint density at radius 3 is 1.87 bits per heavy atom. The Bertz CT molecular complexity index is 272. The van der Waals surface area contributed by atoms with Crippen LogP contribution in [0.2, 0.25) is 15.8 Å². The monoisotopic (exact) mass is 268 g/mol. The number of hydrogen-bond donors (Lipinski definition) is 1. The van der Waals surface area contributed by atoms with Crippen LogP contribution in [0.15, 0.2) is 30.3 Å². The van der Waals surface area contributed by atoms with E-state index in [1.165, 1.54) is 15.8 Å². The molecule has 0 saturated carbocycles. The van der Waals surface area contributed by atoms with Gasteiger partial charge in [0.25, 0.3) is 0 Å². The Morgan fingerprint density at radius 2 is 1.47 bits per heavy atom. The maximum absolute atomic E-state index is 10.5. The Hall–Kier alpha value is -0.277. The van der Waals surface area contributed by atoms with Gasteiger partial charge in [-0.3, -0.25) is 0 Å². The quantitative estimate of drug-likeness (QED) is 0.805. The van der Waals surface area contributed by atoms with E-state index in [2.05, 4.69) is 32.9 Å². The van der Waals surface area contributed by atoms with Gasteiger partial charge in [0.15, 0.2) is 0 Å². The van der Waals surface area contributed by atoms with Gasteiger partial charge in [0.1, 0.15) is 0 Å².